The van der Waals surface area contributed by atoms with Crippen molar-refractivity contribution in [2.75, 3.05) is 38.2 Å². The molecule has 0 saturated carbocycles. The molecule has 6 heteroatoms. The van der Waals surface area contributed by atoms with Crippen molar-refractivity contribution in [2.24, 2.45) is 5.92 Å². The van der Waals surface area contributed by atoms with Crippen LogP contribution in [0.15, 0.2) is 24.3 Å². The van der Waals surface area contributed by atoms with Gasteiger partial charge in [0.25, 0.3) is 0 Å². The predicted molar refractivity (Wildman–Crippen MR) is 109 cm³/mol. The van der Waals surface area contributed by atoms with Crippen LogP contribution in [-0.2, 0) is 14.3 Å². The molecule has 5 nitrogen and oxygen atoms in total. The number of unbranched alkanes of at least 4 members (excludes halogenated alkanes) is 2. The molecule has 150 valence electrons. The lowest BCUT2D eigenvalue weighted by molar-refractivity contribution is -0.145. The number of hydrogen-bond donors (Lipinski definition) is 0. The van der Waals surface area contributed by atoms with Crippen molar-refractivity contribution >= 4 is 29.2 Å². The van der Waals surface area contributed by atoms with E-state index in [0.717, 1.165) is 69.0 Å². The van der Waals surface area contributed by atoms with Crippen LogP contribution < -0.4 is 4.90 Å². The Hall–Kier alpha value is -1.75. The number of anilines is 1. The number of halogens is 1. The lowest BCUT2D eigenvalue weighted by Crippen LogP contribution is -2.48. The maximum atomic E-state index is 12.4. The summed E-state index contributed by atoms with van der Waals surface area (Å²) in [5.74, 6) is 0.0994. The first-order valence-electron chi connectivity index (χ1n) is 9.91. The van der Waals surface area contributed by atoms with Gasteiger partial charge in [0.1, 0.15) is 0 Å². The second-order valence-corrected chi connectivity index (χ2v) is 7.45. The fourth-order valence-corrected chi connectivity index (χ4v) is 3.82. The Kier molecular flexibility index (Phi) is 8.92. The van der Waals surface area contributed by atoms with Crippen molar-refractivity contribution in [2.45, 2.75) is 45.4 Å². The van der Waals surface area contributed by atoms with Gasteiger partial charge < -0.3 is 14.5 Å². The molecule has 27 heavy (non-hydrogen) atoms. The summed E-state index contributed by atoms with van der Waals surface area (Å²) in [5, 5.41) is 0.759. The van der Waals surface area contributed by atoms with Gasteiger partial charge in [-0.15, -0.1) is 0 Å². The topological polar surface area (TPSA) is 49.9 Å². The molecular formula is C21H31ClN2O3. The molecule has 1 aromatic rings. The van der Waals surface area contributed by atoms with E-state index in [1.807, 2.05) is 36.1 Å². The number of carbonyl (C=O) groups excluding carboxylic acids is 2. The molecule has 1 saturated heterocycles. The molecule has 0 bridgehead atoms. The highest BCUT2D eigenvalue weighted by Crippen LogP contribution is 2.26. The predicted octanol–water partition coefficient (Wildman–Crippen LogP) is 4.14. The Labute approximate surface area is 167 Å². The van der Waals surface area contributed by atoms with Crippen LogP contribution in [0.2, 0.25) is 5.02 Å². The Balaban J connectivity index is 1.65. The van der Waals surface area contributed by atoms with E-state index < -0.39 is 0 Å². The van der Waals surface area contributed by atoms with Gasteiger partial charge in [-0.1, -0.05) is 43.5 Å². The second-order valence-electron chi connectivity index (χ2n) is 7.05. The van der Waals surface area contributed by atoms with Crippen LogP contribution in [0.4, 0.5) is 5.69 Å². The molecular weight excluding hydrogens is 364 g/mol. The number of methoxy groups -OCH3 is 1. The SMILES string of the molecule is CCC(CCCCCC(=O)N1CCN(c2ccccc2Cl)CC1)C(=O)OC. The van der Waals surface area contributed by atoms with Gasteiger partial charge in [0, 0.05) is 32.6 Å². The van der Waals surface area contributed by atoms with Gasteiger partial charge >= 0.3 is 5.97 Å². The molecule has 1 unspecified atom stereocenters. The maximum Gasteiger partial charge on any atom is 0.308 e. The summed E-state index contributed by atoms with van der Waals surface area (Å²) in [5.41, 5.74) is 1.04. The Morgan fingerprint density at radius 1 is 1.11 bits per heavy atom. The van der Waals surface area contributed by atoms with Crippen molar-refractivity contribution < 1.29 is 14.3 Å². The summed E-state index contributed by atoms with van der Waals surface area (Å²) in [7, 11) is 1.44. The average molecular weight is 395 g/mol. The Morgan fingerprint density at radius 2 is 1.81 bits per heavy atom. The highest BCUT2D eigenvalue weighted by molar-refractivity contribution is 6.33. The zero-order valence-electron chi connectivity index (χ0n) is 16.5. The normalized spacial score (nSPS) is 15.5. The van der Waals surface area contributed by atoms with E-state index in [4.69, 9.17) is 16.3 Å². The van der Waals surface area contributed by atoms with Crippen LogP contribution in [0.1, 0.15) is 45.4 Å². The minimum Gasteiger partial charge on any atom is -0.469 e. The first-order valence-corrected chi connectivity index (χ1v) is 10.3. The van der Waals surface area contributed by atoms with E-state index in [0.29, 0.717) is 6.42 Å². The number of esters is 1. The number of para-hydroxylation sites is 1. The highest BCUT2D eigenvalue weighted by Gasteiger charge is 2.22. The minimum absolute atomic E-state index is 0.0106. The van der Waals surface area contributed by atoms with Crippen molar-refractivity contribution in [3.8, 4) is 0 Å². The number of nitrogens with zero attached hydrogens (tertiary/aromatic N) is 2. The fourth-order valence-electron chi connectivity index (χ4n) is 3.56. The van der Waals surface area contributed by atoms with Gasteiger partial charge in [0.05, 0.1) is 23.7 Å². The zero-order chi connectivity index (χ0) is 19.6. The van der Waals surface area contributed by atoms with Gasteiger partial charge in [-0.2, -0.15) is 0 Å². The third-order valence-corrected chi connectivity index (χ3v) is 5.62. The lowest BCUT2D eigenvalue weighted by atomic mass is 9.98. The van der Waals surface area contributed by atoms with Gasteiger partial charge in [0.2, 0.25) is 5.91 Å². The number of hydrogen-bond acceptors (Lipinski definition) is 4. The third kappa shape index (κ3) is 6.42. The maximum absolute atomic E-state index is 12.4. The molecule has 1 aliphatic heterocycles. The number of benzene rings is 1. The number of piperazine rings is 1. The summed E-state index contributed by atoms with van der Waals surface area (Å²) in [6.07, 6.45) is 5.04. The van der Waals surface area contributed by atoms with E-state index >= 15 is 0 Å². The minimum atomic E-state index is -0.120. The molecule has 1 aromatic carbocycles. The molecule has 1 atom stereocenters. The molecule has 2 rings (SSSR count). The van der Waals surface area contributed by atoms with Gasteiger partial charge in [-0.3, -0.25) is 9.59 Å². The van der Waals surface area contributed by atoms with E-state index in [1.54, 1.807) is 0 Å². The fraction of sp³-hybridized carbons (Fsp3) is 0.619. The van der Waals surface area contributed by atoms with E-state index in [2.05, 4.69) is 4.90 Å². The molecule has 0 spiro atoms. The van der Waals surface area contributed by atoms with Crippen molar-refractivity contribution in [3.05, 3.63) is 29.3 Å². The zero-order valence-corrected chi connectivity index (χ0v) is 17.2. The quantitative estimate of drug-likeness (QED) is 0.466. The summed E-state index contributed by atoms with van der Waals surface area (Å²) in [6, 6.07) is 7.84. The molecule has 0 N–H and O–H groups in total. The van der Waals surface area contributed by atoms with Crippen LogP contribution in [0, 0.1) is 5.92 Å². The van der Waals surface area contributed by atoms with Crippen molar-refractivity contribution in [3.63, 3.8) is 0 Å². The summed E-state index contributed by atoms with van der Waals surface area (Å²) in [6.45, 7) is 5.11. The molecule has 1 amide bonds. The van der Waals surface area contributed by atoms with Gasteiger partial charge in [-0.05, 0) is 31.4 Å². The number of rotatable bonds is 9. The standard InChI is InChI=1S/C21H31ClN2O3/c1-3-17(21(26)27-2)9-5-4-6-12-20(25)24-15-13-23(14-16-24)19-11-8-7-10-18(19)22/h7-8,10-11,17H,3-6,9,12-16H2,1-2H3. The average Bonchev–Trinajstić information content (AvgIpc) is 2.70. The summed E-state index contributed by atoms with van der Waals surface area (Å²) >= 11 is 6.27. The van der Waals surface area contributed by atoms with Crippen LogP contribution in [-0.4, -0.2) is 50.1 Å². The van der Waals surface area contributed by atoms with Crippen molar-refractivity contribution in [1.29, 1.82) is 0 Å². The molecule has 0 aliphatic carbocycles. The number of amides is 1. The second kappa shape index (κ2) is 11.2. The van der Waals surface area contributed by atoms with E-state index in [9.17, 15) is 9.59 Å². The smallest absolute Gasteiger partial charge is 0.308 e. The van der Waals surface area contributed by atoms with Crippen molar-refractivity contribution in [1.82, 2.24) is 4.90 Å². The molecule has 0 radical (unpaired) electrons. The highest BCUT2D eigenvalue weighted by atomic mass is 35.5. The molecule has 1 fully saturated rings. The monoisotopic (exact) mass is 394 g/mol. The lowest BCUT2D eigenvalue weighted by Gasteiger charge is -2.36. The molecule has 1 heterocycles. The van der Waals surface area contributed by atoms with Crippen LogP contribution in [0.5, 0.6) is 0 Å². The van der Waals surface area contributed by atoms with Crippen LogP contribution in [0.3, 0.4) is 0 Å². The van der Waals surface area contributed by atoms with Crippen LogP contribution in [0.25, 0.3) is 0 Å². The number of ether oxygens (including phenoxy) is 1. The molecule has 1 aliphatic rings. The van der Waals surface area contributed by atoms with E-state index in [1.165, 1.54) is 7.11 Å². The summed E-state index contributed by atoms with van der Waals surface area (Å²) in [4.78, 5) is 28.2. The summed E-state index contributed by atoms with van der Waals surface area (Å²) < 4.78 is 4.81. The van der Waals surface area contributed by atoms with Crippen LogP contribution >= 0.6 is 11.6 Å². The number of carbonyl (C=O) groups is 2. The first-order chi connectivity index (χ1) is 13.1. The first kappa shape index (κ1) is 21.5. The third-order valence-electron chi connectivity index (χ3n) is 5.30. The molecule has 0 aromatic heterocycles. The Morgan fingerprint density at radius 3 is 2.44 bits per heavy atom. The Bertz CT molecular complexity index is 615. The van der Waals surface area contributed by atoms with Gasteiger partial charge in [0.15, 0.2) is 0 Å². The largest absolute Gasteiger partial charge is 0.469 e. The van der Waals surface area contributed by atoms with E-state index in [-0.39, 0.29) is 17.8 Å². The van der Waals surface area contributed by atoms with Gasteiger partial charge in [-0.25, -0.2) is 0 Å².